The van der Waals surface area contributed by atoms with Crippen LogP contribution in [0.4, 0.5) is 4.39 Å². The first-order valence-corrected chi connectivity index (χ1v) is 12.1. The fourth-order valence-electron chi connectivity index (χ4n) is 5.50. The molecule has 2 N–H and O–H groups in total. The van der Waals surface area contributed by atoms with E-state index in [9.17, 15) is 19.1 Å². The number of aromatic carboxylic acids is 1. The van der Waals surface area contributed by atoms with Crippen LogP contribution < -0.4 is 14.8 Å². The summed E-state index contributed by atoms with van der Waals surface area (Å²) in [5, 5.41) is 12.5. The minimum atomic E-state index is -0.999. The van der Waals surface area contributed by atoms with Gasteiger partial charge in [0.2, 0.25) is 5.91 Å². The van der Waals surface area contributed by atoms with Gasteiger partial charge in [-0.25, -0.2) is 9.18 Å². The average Bonchev–Trinajstić information content (AvgIpc) is 3.39. The molecule has 6 nitrogen and oxygen atoms in total. The van der Waals surface area contributed by atoms with E-state index < -0.39 is 17.5 Å². The predicted octanol–water partition coefficient (Wildman–Crippen LogP) is 5.73. The minimum absolute atomic E-state index is 0.182. The topological polar surface area (TPSA) is 84.9 Å². The van der Waals surface area contributed by atoms with Crippen LogP contribution in [0.5, 0.6) is 11.5 Å². The Morgan fingerprint density at radius 2 is 1.78 bits per heavy atom. The van der Waals surface area contributed by atoms with E-state index in [0.29, 0.717) is 36.3 Å². The monoisotopic (exact) mass is 489 g/mol. The quantitative estimate of drug-likeness (QED) is 0.462. The standard InChI is InChI=1S/C29H28FNO5/c1-35-20-12-13-21-24(17-25(36-26(21)16-20)18-8-10-19(11-9-18)27(32)33)31-28(34)29(14-4-5-15-29)22-6-2-3-7-23(22)30/h2-3,6-13,16,24-25H,4-5,14-15,17H2,1H3,(H,31,34)(H,32,33)/t24-,25-/m1/s1. The van der Waals surface area contributed by atoms with Crippen LogP contribution in [0.15, 0.2) is 66.7 Å². The Labute approximate surface area is 209 Å². The molecule has 0 bridgehead atoms. The molecule has 3 aromatic carbocycles. The summed E-state index contributed by atoms with van der Waals surface area (Å²) in [7, 11) is 1.57. The van der Waals surface area contributed by atoms with E-state index in [0.717, 1.165) is 24.0 Å². The number of carboxylic acids is 1. The highest BCUT2D eigenvalue weighted by Crippen LogP contribution is 2.46. The molecule has 1 amide bonds. The van der Waals surface area contributed by atoms with Gasteiger partial charge in [-0.15, -0.1) is 0 Å². The number of methoxy groups -OCH3 is 1. The molecule has 0 aromatic heterocycles. The third kappa shape index (κ3) is 4.30. The summed E-state index contributed by atoms with van der Waals surface area (Å²) in [6.07, 6.45) is 2.96. The number of hydrogen-bond donors (Lipinski definition) is 2. The van der Waals surface area contributed by atoms with E-state index in [-0.39, 0.29) is 23.3 Å². The molecule has 2 aliphatic rings. The number of amides is 1. The van der Waals surface area contributed by atoms with Crippen molar-refractivity contribution >= 4 is 11.9 Å². The molecule has 1 aliphatic carbocycles. The maximum atomic E-state index is 14.9. The smallest absolute Gasteiger partial charge is 0.335 e. The largest absolute Gasteiger partial charge is 0.497 e. The van der Waals surface area contributed by atoms with Gasteiger partial charge in [0.1, 0.15) is 23.4 Å². The van der Waals surface area contributed by atoms with Crippen LogP contribution in [0.3, 0.4) is 0 Å². The van der Waals surface area contributed by atoms with Crippen molar-refractivity contribution in [2.24, 2.45) is 0 Å². The lowest BCUT2D eigenvalue weighted by Gasteiger charge is -2.36. The zero-order chi connectivity index (χ0) is 25.3. The molecule has 3 aromatic rings. The highest BCUT2D eigenvalue weighted by atomic mass is 19.1. The van der Waals surface area contributed by atoms with Gasteiger partial charge in [0.25, 0.3) is 0 Å². The Morgan fingerprint density at radius 1 is 1.06 bits per heavy atom. The molecular weight excluding hydrogens is 461 g/mol. The second-order valence-electron chi connectivity index (χ2n) is 9.47. The van der Waals surface area contributed by atoms with E-state index in [4.69, 9.17) is 9.47 Å². The number of carbonyl (C=O) groups excluding carboxylic acids is 1. The van der Waals surface area contributed by atoms with Crippen LogP contribution in [0.25, 0.3) is 0 Å². The summed E-state index contributed by atoms with van der Waals surface area (Å²) in [6, 6.07) is 18.2. The molecule has 0 spiro atoms. The van der Waals surface area contributed by atoms with E-state index in [1.54, 1.807) is 55.6 Å². The van der Waals surface area contributed by atoms with Crippen molar-refractivity contribution in [3.8, 4) is 11.5 Å². The summed E-state index contributed by atoms with van der Waals surface area (Å²) in [4.78, 5) is 25.1. The SMILES string of the molecule is COc1ccc2c(c1)O[C@@H](c1ccc(C(=O)O)cc1)C[C@H]2NC(=O)C1(c2ccccc2F)CCCC1. The van der Waals surface area contributed by atoms with Gasteiger partial charge in [0.05, 0.1) is 24.1 Å². The van der Waals surface area contributed by atoms with Crippen LogP contribution in [0.1, 0.15) is 71.3 Å². The number of benzene rings is 3. The summed E-state index contributed by atoms with van der Waals surface area (Å²) in [5.74, 6) is -0.327. The van der Waals surface area contributed by atoms with Crippen LogP contribution >= 0.6 is 0 Å². The van der Waals surface area contributed by atoms with Crippen molar-refractivity contribution in [3.63, 3.8) is 0 Å². The van der Waals surface area contributed by atoms with Crippen molar-refractivity contribution in [2.45, 2.75) is 49.7 Å². The molecule has 1 heterocycles. The zero-order valence-corrected chi connectivity index (χ0v) is 20.0. The van der Waals surface area contributed by atoms with Gasteiger partial charge in [-0.3, -0.25) is 4.79 Å². The van der Waals surface area contributed by atoms with Crippen LogP contribution in [-0.2, 0) is 10.2 Å². The fraction of sp³-hybridized carbons (Fsp3) is 0.310. The van der Waals surface area contributed by atoms with Gasteiger partial charge in [0.15, 0.2) is 0 Å². The van der Waals surface area contributed by atoms with E-state index in [1.165, 1.54) is 6.07 Å². The molecule has 36 heavy (non-hydrogen) atoms. The summed E-state index contributed by atoms with van der Waals surface area (Å²) < 4.78 is 26.5. The Morgan fingerprint density at radius 3 is 2.44 bits per heavy atom. The molecule has 1 aliphatic heterocycles. The van der Waals surface area contributed by atoms with Gasteiger partial charge in [-0.05, 0) is 48.7 Å². The first-order chi connectivity index (χ1) is 17.4. The molecule has 1 saturated carbocycles. The molecule has 0 saturated heterocycles. The molecule has 0 unspecified atom stereocenters. The highest BCUT2D eigenvalue weighted by molar-refractivity contribution is 5.89. The Kier molecular flexibility index (Phi) is 6.39. The van der Waals surface area contributed by atoms with E-state index >= 15 is 0 Å². The number of carbonyl (C=O) groups is 2. The predicted molar refractivity (Wildman–Crippen MR) is 132 cm³/mol. The van der Waals surface area contributed by atoms with Gasteiger partial charge < -0.3 is 19.9 Å². The number of halogens is 1. The summed E-state index contributed by atoms with van der Waals surface area (Å²) in [5.41, 5.74) is 1.36. The first-order valence-electron chi connectivity index (χ1n) is 12.1. The molecule has 0 radical (unpaired) electrons. The number of carboxylic acid groups (broad SMARTS) is 1. The van der Waals surface area contributed by atoms with Gasteiger partial charge in [-0.1, -0.05) is 43.2 Å². The maximum Gasteiger partial charge on any atom is 0.335 e. The number of fused-ring (bicyclic) bond motifs is 1. The lowest BCUT2D eigenvalue weighted by atomic mass is 9.77. The fourth-order valence-corrected chi connectivity index (χ4v) is 5.50. The maximum absolute atomic E-state index is 14.9. The van der Waals surface area contributed by atoms with E-state index in [1.807, 2.05) is 12.1 Å². The lowest BCUT2D eigenvalue weighted by molar-refractivity contribution is -0.127. The number of ether oxygens (including phenoxy) is 2. The second kappa shape index (κ2) is 9.64. The molecule has 2 atom stereocenters. The van der Waals surface area contributed by atoms with Crippen LogP contribution in [-0.4, -0.2) is 24.1 Å². The number of hydrogen-bond acceptors (Lipinski definition) is 4. The van der Waals surface area contributed by atoms with Crippen molar-refractivity contribution in [3.05, 3.63) is 94.8 Å². The van der Waals surface area contributed by atoms with Gasteiger partial charge in [-0.2, -0.15) is 0 Å². The molecule has 186 valence electrons. The first kappa shape index (κ1) is 23.9. The Balaban J connectivity index is 1.48. The lowest BCUT2D eigenvalue weighted by Crippen LogP contribution is -2.45. The van der Waals surface area contributed by atoms with Crippen molar-refractivity contribution in [2.75, 3.05) is 7.11 Å². The average molecular weight is 490 g/mol. The van der Waals surface area contributed by atoms with Crippen molar-refractivity contribution < 1.29 is 28.6 Å². The third-order valence-corrected chi connectivity index (χ3v) is 7.43. The summed E-state index contributed by atoms with van der Waals surface area (Å²) >= 11 is 0. The Hall–Kier alpha value is -3.87. The Bertz CT molecular complexity index is 1280. The molecule has 5 rings (SSSR count). The van der Waals surface area contributed by atoms with E-state index in [2.05, 4.69) is 5.32 Å². The number of nitrogens with one attached hydrogen (secondary N) is 1. The van der Waals surface area contributed by atoms with Gasteiger partial charge >= 0.3 is 5.97 Å². The third-order valence-electron chi connectivity index (χ3n) is 7.43. The molecule has 7 heteroatoms. The van der Waals surface area contributed by atoms with Gasteiger partial charge in [0, 0.05) is 23.6 Å². The highest BCUT2D eigenvalue weighted by Gasteiger charge is 2.45. The summed E-state index contributed by atoms with van der Waals surface area (Å²) in [6.45, 7) is 0. The normalized spacial score (nSPS) is 20.2. The minimum Gasteiger partial charge on any atom is -0.497 e. The second-order valence-corrected chi connectivity index (χ2v) is 9.47. The zero-order valence-electron chi connectivity index (χ0n) is 20.0. The number of rotatable bonds is 6. The molecule has 1 fully saturated rings. The van der Waals surface area contributed by atoms with Crippen molar-refractivity contribution in [1.82, 2.24) is 5.32 Å². The van der Waals surface area contributed by atoms with Crippen LogP contribution in [0.2, 0.25) is 0 Å². The van der Waals surface area contributed by atoms with Crippen LogP contribution in [0, 0.1) is 5.82 Å². The molecular formula is C29H28FNO5. The van der Waals surface area contributed by atoms with Crippen molar-refractivity contribution in [1.29, 1.82) is 0 Å².